The van der Waals surface area contributed by atoms with Crippen LogP contribution in [0, 0.1) is 5.41 Å². The fraction of sp³-hybridized carbons (Fsp3) is 0.650. The van der Waals surface area contributed by atoms with Gasteiger partial charge >= 0.3 is 0 Å². The predicted octanol–water partition coefficient (Wildman–Crippen LogP) is 3.13. The first-order valence-corrected chi connectivity index (χ1v) is 9.46. The van der Waals surface area contributed by atoms with E-state index in [-0.39, 0.29) is 23.7 Å². The molecule has 3 rings (SSSR count). The summed E-state index contributed by atoms with van der Waals surface area (Å²) in [5.41, 5.74) is 0.850. The molecule has 0 aliphatic carbocycles. The smallest absolute Gasteiger partial charge is 0.257 e. The summed E-state index contributed by atoms with van der Waals surface area (Å²) in [6, 6.07) is 7.61. The van der Waals surface area contributed by atoms with Crippen LogP contribution in [0.2, 0.25) is 0 Å². The van der Waals surface area contributed by atoms with Crippen LogP contribution < -0.4 is 10.1 Å². The molecular weight excluding hydrogens is 352 g/mol. The Labute approximate surface area is 162 Å². The van der Waals surface area contributed by atoms with Crippen LogP contribution >= 0.6 is 12.4 Å². The number of hydrogen-bond acceptors (Lipinski definition) is 4. The zero-order valence-corrected chi connectivity index (χ0v) is 16.5. The minimum absolute atomic E-state index is 0. The standard InChI is InChI=1S/C20H30N2O3.ClH/c1-22-13-15-24-14-5-4-8-20(9-11-21-12-10-20)16-25-18-7-3-2-6-17(18)19(22)23;/h2-3,6-7,21H,4-5,8-16H2,1H3;1H. The Kier molecular flexibility index (Phi) is 8.19. The molecule has 0 bridgehead atoms. The molecule has 1 spiro atoms. The molecule has 2 aliphatic heterocycles. The highest BCUT2D eigenvalue weighted by Crippen LogP contribution is 2.36. The number of carbonyl (C=O) groups excluding carboxylic acids is 1. The zero-order chi connectivity index (χ0) is 17.5. The van der Waals surface area contributed by atoms with Crippen LogP contribution in [-0.2, 0) is 4.74 Å². The Morgan fingerprint density at radius 3 is 2.65 bits per heavy atom. The minimum atomic E-state index is -0.00406. The summed E-state index contributed by atoms with van der Waals surface area (Å²) in [6.07, 6.45) is 5.66. The highest BCUT2D eigenvalue weighted by Gasteiger charge is 2.33. The maximum absolute atomic E-state index is 12.8. The Balaban J connectivity index is 0.00000243. The van der Waals surface area contributed by atoms with Crippen molar-refractivity contribution in [3.05, 3.63) is 29.8 Å². The Hall–Kier alpha value is -1.30. The number of nitrogens with one attached hydrogen (secondary N) is 1. The second-order valence-corrected chi connectivity index (χ2v) is 7.33. The van der Waals surface area contributed by atoms with Gasteiger partial charge in [0.15, 0.2) is 0 Å². The Morgan fingerprint density at radius 1 is 1.08 bits per heavy atom. The van der Waals surface area contributed by atoms with E-state index in [0.717, 1.165) is 45.4 Å². The first-order valence-electron chi connectivity index (χ1n) is 9.46. The van der Waals surface area contributed by atoms with Gasteiger partial charge in [-0.15, -0.1) is 12.4 Å². The molecule has 2 heterocycles. The summed E-state index contributed by atoms with van der Waals surface area (Å²) in [6.45, 7) is 4.73. The van der Waals surface area contributed by atoms with E-state index in [1.54, 1.807) is 4.90 Å². The summed E-state index contributed by atoms with van der Waals surface area (Å²) < 4.78 is 12.0. The highest BCUT2D eigenvalue weighted by molar-refractivity contribution is 5.96. The van der Waals surface area contributed by atoms with Crippen LogP contribution in [0.4, 0.5) is 0 Å². The van der Waals surface area contributed by atoms with E-state index in [1.165, 1.54) is 6.42 Å². The van der Waals surface area contributed by atoms with E-state index in [0.29, 0.717) is 31.1 Å². The molecule has 1 aromatic carbocycles. The highest BCUT2D eigenvalue weighted by atomic mass is 35.5. The van der Waals surface area contributed by atoms with Crippen LogP contribution in [0.1, 0.15) is 42.5 Å². The average molecular weight is 383 g/mol. The molecule has 1 N–H and O–H groups in total. The molecule has 1 amide bonds. The predicted molar refractivity (Wildman–Crippen MR) is 105 cm³/mol. The normalized spacial score (nSPS) is 21.9. The number of nitrogens with zero attached hydrogens (tertiary/aromatic N) is 1. The third-order valence-corrected chi connectivity index (χ3v) is 5.48. The van der Waals surface area contributed by atoms with Crippen LogP contribution in [0.5, 0.6) is 5.75 Å². The summed E-state index contributed by atoms with van der Waals surface area (Å²) in [5.74, 6) is 0.700. The summed E-state index contributed by atoms with van der Waals surface area (Å²) in [7, 11) is 1.82. The number of benzene rings is 1. The van der Waals surface area contributed by atoms with Gasteiger partial charge in [-0.3, -0.25) is 4.79 Å². The van der Waals surface area contributed by atoms with E-state index in [4.69, 9.17) is 9.47 Å². The third-order valence-electron chi connectivity index (χ3n) is 5.48. The Morgan fingerprint density at radius 2 is 1.85 bits per heavy atom. The van der Waals surface area contributed by atoms with Gasteiger partial charge in [0, 0.05) is 25.6 Å². The summed E-state index contributed by atoms with van der Waals surface area (Å²) in [4.78, 5) is 14.5. The van der Waals surface area contributed by atoms with Crippen molar-refractivity contribution in [3.8, 4) is 5.75 Å². The number of fused-ring (bicyclic) bond motifs is 1. The molecular formula is C20H31ClN2O3. The molecule has 1 saturated heterocycles. The quantitative estimate of drug-likeness (QED) is 0.749. The van der Waals surface area contributed by atoms with Gasteiger partial charge in [-0.1, -0.05) is 18.6 Å². The number of para-hydroxylation sites is 1. The first-order chi connectivity index (χ1) is 12.2. The maximum Gasteiger partial charge on any atom is 0.257 e. The zero-order valence-electron chi connectivity index (χ0n) is 15.7. The van der Waals surface area contributed by atoms with Crippen molar-refractivity contribution in [1.82, 2.24) is 10.2 Å². The summed E-state index contributed by atoms with van der Waals surface area (Å²) in [5, 5.41) is 3.45. The van der Waals surface area contributed by atoms with Gasteiger partial charge in [0.2, 0.25) is 0 Å². The second kappa shape index (κ2) is 10.1. The average Bonchev–Trinajstić information content (AvgIpc) is 2.65. The van der Waals surface area contributed by atoms with E-state index in [9.17, 15) is 4.79 Å². The van der Waals surface area contributed by atoms with Gasteiger partial charge in [0.05, 0.1) is 18.8 Å². The van der Waals surface area contributed by atoms with Crippen LogP contribution in [0.3, 0.4) is 0 Å². The second-order valence-electron chi connectivity index (χ2n) is 7.33. The third kappa shape index (κ3) is 5.35. The lowest BCUT2D eigenvalue weighted by atomic mass is 9.75. The fourth-order valence-electron chi connectivity index (χ4n) is 3.74. The monoisotopic (exact) mass is 382 g/mol. The number of piperidine rings is 1. The fourth-order valence-corrected chi connectivity index (χ4v) is 3.74. The molecule has 6 heteroatoms. The van der Waals surface area contributed by atoms with Crippen molar-refractivity contribution < 1.29 is 14.3 Å². The van der Waals surface area contributed by atoms with Gasteiger partial charge in [-0.2, -0.15) is 0 Å². The number of halogens is 1. The van der Waals surface area contributed by atoms with Gasteiger partial charge in [-0.05, 0) is 50.9 Å². The molecule has 0 unspecified atom stereocenters. The molecule has 1 aromatic rings. The number of likely N-dealkylation sites (N-methyl/N-ethyl adjacent to an activating group) is 1. The van der Waals surface area contributed by atoms with Gasteiger partial charge < -0.3 is 19.7 Å². The molecule has 1 fully saturated rings. The van der Waals surface area contributed by atoms with Crippen molar-refractivity contribution in [2.45, 2.75) is 32.1 Å². The molecule has 5 nitrogen and oxygen atoms in total. The van der Waals surface area contributed by atoms with Crippen LogP contribution in [0.25, 0.3) is 0 Å². The van der Waals surface area contributed by atoms with Crippen LogP contribution in [-0.4, -0.2) is 57.3 Å². The van der Waals surface area contributed by atoms with Crippen molar-refractivity contribution in [2.24, 2.45) is 5.41 Å². The Bertz CT molecular complexity index is 576. The molecule has 0 radical (unpaired) electrons. The maximum atomic E-state index is 12.8. The molecule has 146 valence electrons. The molecule has 0 saturated carbocycles. The topological polar surface area (TPSA) is 50.8 Å². The molecule has 0 aromatic heterocycles. The van der Waals surface area contributed by atoms with Gasteiger partial charge in [0.1, 0.15) is 5.75 Å². The van der Waals surface area contributed by atoms with Gasteiger partial charge in [0.25, 0.3) is 5.91 Å². The van der Waals surface area contributed by atoms with Crippen molar-refractivity contribution >= 4 is 18.3 Å². The lowest BCUT2D eigenvalue weighted by Crippen LogP contribution is -2.41. The lowest BCUT2D eigenvalue weighted by molar-refractivity contribution is 0.0617. The SMILES string of the molecule is CN1CCOCCCCC2(CCNCC2)COc2ccccc2C1=O.Cl. The molecule has 2 aliphatic rings. The number of carbonyl (C=O) groups is 1. The van der Waals surface area contributed by atoms with E-state index in [1.807, 2.05) is 31.3 Å². The number of rotatable bonds is 0. The van der Waals surface area contributed by atoms with Gasteiger partial charge in [-0.25, -0.2) is 0 Å². The van der Waals surface area contributed by atoms with Crippen LogP contribution in [0.15, 0.2) is 24.3 Å². The number of amides is 1. The van der Waals surface area contributed by atoms with Crippen molar-refractivity contribution in [1.29, 1.82) is 0 Å². The van der Waals surface area contributed by atoms with E-state index < -0.39 is 0 Å². The lowest BCUT2D eigenvalue weighted by Gasteiger charge is -2.38. The minimum Gasteiger partial charge on any atom is -0.492 e. The number of ether oxygens (including phenoxy) is 2. The van der Waals surface area contributed by atoms with E-state index in [2.05, 4.69) is 5.32 Å². The van der Waals surface area contributed by atoms with E-state index >= 15 is 0 Å². The summed E-state index contributed by atoms with van der Waals surface area (Å²) >= 11 is 0. The molecule has 26 heavy (non-hydrogen) atoms. The number of hydrogen-bond donors (Lipinski definition) is 1. The molecule has 0 atom stereocenters. The van der Waals surface area contributed by atoms with Crippen molar-refractivity contribution in [3.63, 3.8) is 0 Å². The largest absolute Gasteiger partial charge is 0.492 e. The first kappa shape index (κ1) is 21.0. The van der Waals surface area contributed by atoms with Crippen molar-refractivity contribution in [2.75, 3.05) is 46.5 Å².